The average molecular weight is 308 g/mol. The van der Waals surface area contributed by atoms with E-state index in [1.54, 1.807) is 0 Å². The van der Waals surface area contributed by atoms with Crippen LogP contribution in [-0.4, -0.2) is 31.3 Å². The third-order valence-corrected chi connectivity index (χ3v) is 3.03. The fourth-order valence-electron chi connectivity index (χ4n) is 1.74. The maximum absolute atomic E-state index is 11.5. The van der Waals surface area contributed by atoms with Gasteiger partial charge in [-0.05, 0) is 12.0 Å². The first-order chi connectivity index (χ1) is 10.6. The second kappa shape index (κ2) is 10.6. The van der Waals surface area contributed by atoms with Crippen LogP contribution in [0, 0.1) is 0 Å². The molecule has 6 heteroatoms. The van der Waals surface area contributed by atoms with Crippen molar-refractivity contribution >= 4 is 12.0 Å². The van der Waals surface area contributed by atoms with E-state index in [-0.39, 0.29) is 0 Å². The molecular formula is C16H24N2O4. The summed E-state index contributed by atoms with van der Waals surface area (Å²) < 4.78 is 10.4. The van der Waals surface area contributed by atoms with Gasteiger partial charge in [0, 0.05) is 13.0 Å². The van der Waals surface area contributed by atoms with E-state index in [1.807, 2.05) is 37.3 Å². The van der Waals surface area contributed by atoms with E-state index in [0.29, 0.717) is 26.2 Å². The van der Waals surface area contributed by atoms with Gasteiger partial charge in [-0.2, -0.15) is 0 Å². The Kier molecular flexibility index (Phi) is 8.67. The predicted molar refractivity (Wildman–Crippen MR) is 83.1 cm³/mol. The van der Waals surface area contributed by atoms with Gasteiger partial charge in [0.15, 0.2) is 0 Å². The van der Waals surface area contributed by atoms with Crippen molar-refractivity contribution in [3.63, 3.8) is 0 Å². The number of carbonyl (C=O) groups is 2. The molecule has 3 N–H and O–H groups in total. The van der Waals surface area contributed by atoms with Crippen molar-refractivity contribution in [3.05, 3.63) is 35.9 Å². The van der Waals surface area contributed by atoms with E-state index >= 15 is 0 Å². The average Bonchev–Trinajstić information content (AvgIpc) is 2.51. The van der Waals surface area contributed by atoms with Gasteiger partial charge in [-0.25, -0.2) is 4.79 Å². The van der Waals surface area contributed by atoms with E-state index in [9.17, 15) is 9.59 Å². The number of hydrogen-bond donors (Lipinski definition) is 2. The number of carbonyl (C=O) groups excluding carboxylic acids is 2. The van der Waals surface area contributed by atoms with E-state index < -0.39 is 18.0 Å². The summed E-state index contributed by atoms with van der Waals surface area (Å²) in [6.07, 6.45) is 1.40. The highest BCUT2D eigenvalue weighted by molar-refractivity contribution is 5.84. The van der Waals surface area contributed by atoms with Crippen LogP contribution in [0.4, 0.5) is 4.79 Å². The first kappa shape index (κ1) is 18.0. The minimum Gasteiger partial charge on any atom is -0.450 e. The summed E-state index contributed by atoms with van der Waals surface area (Å²) >= 11 is 0. The van der Waals surface area contributed by atoms with E-state index in [1.165, 1.54) is 0 Å². The molecular weight excluding hydrogens is 284 g/mol. The normalized spacial score (nSPS) is 11.7. The maximum Gasteiger partial charge on any atom is 0.407 e. The molecule has 0 fully saturated rings. The third-order valence-electron chi connectivity index (χ3n) is 3.03. The van der Waals surface area contributed by atoms with E-state index in [0.717, 1.165) is 18.4 Å². The van der Waals surface area contributed by atoms with Crippen LogP contribution in [0.15, 0.2) is 30.3 Å². The van der Waals surface area contributed by atoms with E-state index in [2.05, 4.69) is 5.32 Å². The van der Waals surface area contributed by atoms with Crippen LogP contribution in [-0.2, 0) is 20.9 Å². The highest BCUT2D eigenvalue weighted by atomic mass is 16.5. The Labute approximate surface area is 131 Å². The summed E-state index contributed by atoms with van der Waals surface area (Å²) in [5.74, 6) is -0.601. The lowest BCUT2D eigenvalue weighted by atomic mass is 10.2. The molecule has 0 saturated carbocycles. The zero-order valence-corrected chi connectivity index (χ0v) is 12.9. The van der Waals surface area contributed by atoms with Crippen molar-refractivity contribution < 1.29 is 19.1 Å². The maximum atomic E-state index is 11.5. The zero-order valence-electron chi connectivity index (χ0n) is 12.9. The van der Waals surface area contributed by atoms with Gasteiger partial charge in [0.25, 0.3) is 0 Å². The quantitative estimate of drug-likeness (QED) is 0.647. The molecule has 6 nitrogen and oxygen atoms in total. The summed E-state index contributed by atoms with van der Waals surface area (Å²) in [5.41, 5.74) is 6.31. The minimum absolute atomic E-state index is 0.311. The van der Waals surface area contributed by atoms with Crippen molar-refractivity contribution in [1.82, 2.24) is 5.32 Å². The van der Waals surface area contributed by atoms with Crippen LogP contribution >= 0.6 is 0 Å². The molecule has 0 aliphatic heterocycles. The van der Waals surface area contributed by atoms with Crippen molar-refractivity contribution in [1.29, 1.82) is 0 Å². The van der Waals surface area contributed by atoms with Crippen molar-refractivity contribution in [3.8, 4) is 0 Å². The number of alkyl carbamates (subject to hydrolysis) is 1. The molecule has 0 heterocycles. The smallest absolute Gasteiger partial charge is 0.407 e. The summed E-state index contributed by atoms with van der Waals surface area (Å²) in [5, 5.41) is 2.46. The lowest BCUT2D eigenvalue weighted by Crippen LogP contribution is -2.45. The van der Waals surface area contributed by atoms with Gasteiger partial charge in [0.1, 0.15) is 6.04 Å². The molecule has 0 aliphatic carbocycles. The molecule has 0 unspecified atom stereocenters. The van der Waals surface area contributed by atoms with Crippen molar-refractivity contribution in [2.45, 2.75) is 38.8 Å². The van der Waals surface area contributed by atoms with Gasteiger partial charge in [0.05, 0.1) is 13.2 Å². The lowest BCUT2D eigenvalue weighted by molar-refractivity contribution is -0.120. The number of hydrogen-bond acceptors (Lipinski definition) is 4. The molecule has 122 valence electrons. The highest BCUT2D eigenvalue weighted by Gasteiger charge is 2.18. The number of ether oxygens (including phenoxy) is 2. The second-order valence-corrected chi connectivity index (χ2v) is 4.92. The molecule has 1 aromatic rings. The van der Waals surface area contributed by atoms with Gasteiger partial charge in [0.2, 0.25) is 5.91 Å². The second-order valence-electron chi connectivity index (χ2n) is 4.92. The lowest BCUT2D eigenvalue weighted by Gasteiger charge is -2.15. The Morgan fingerprint density at radius 1 is 1.23 bits per heavy atom. The molecule has 1 atom stereocenters. The molecule has 1 aromatic carbocycles. The van der Waals surface area contributed by atoms with Crippen LogP contribution < -0.4 is 11.1 Å². The van der Waals surface area contributed by atoms with Gasteiger partial charge in [-0.15, -0.1) is 0 Å². The van der Waals surface area contributed by atoms with Crippen LogP contribution in [0.2, 0.25) is 0 Å². The Morgan fingerprint density at radius 2 is 1.95 bits per heavy atom. The SMILES string of the molecule is CCCCOC(=O)N[C@@H](CCOCc1ccccc1)C(N)=O. The largest absolute Gasteiger partial charge is 0.450 e. The molecule has 0 spiro atoms. The predicted octanol–water partition coefficient (Wildman–Crippen LogP) is 1.97. The topological polar surface area (TPSA) is 90.7 Å². The minimum atomic E-state index is -0.787. The number of primary amides is 1. The summed E-state index contributed by atoms with van der Waals surface area (Å²) in [6.45, 7) is 3.10. The first-order valence-electron chi connectivity index (χ1n) is 7.47. The Hall–Kier alpha value is -2.08. The zero-order chi connectivity index (χ0) is 16.2. The van der Waals surface area contributed by atoms with Gasteiger partial charge in [-0.3, -0.25) is 4.79 Å². The molecule has 0 radical (unpaired) electrons. The fraction of sp³-hybridized carbons (Fsp3) is 0.500. The summed E-state index contributed by atoms with van der Waals surface area (Å²) in [7, 11) is 0. The number of nitrogens with two attached hydrogens (primary N) is 1. The van der Waals surface area contributed by atoms with Gasteiger partial charge < -0.3 is 20.5 Å². The van der Waals surface area contributed by atoms with Crippen LogP contribution in [0.3, 0.4) is 0 Å². The van der Waals surface area contributed by atoms with Crippen molar-refractivity contribution in [2.75, 3.05) is 13.2 Å². The molecule has 0 saturated heterocycles. The molecule has 0 aromatic heterocycles. The molecule has 0 aliphatic rings. The fourth-order valence-corrected chi connectivity index (χ4v) is 1.74. The van der Waals surface area contributed by atoms with Gasteiger partial charge >= 0.3 is 6.09 Å². The number of unbranched alkanes of at least 4 members (excludes halogenated alkanes) is 1. The number of amides is 2. The first-order valence-corrected chi connectivity index (χ1v) is 7.47. The Bertz CT molecular complexity index is 451. The monoisotopic (exact) mass is 308 g/mol. The van der Waals surface area contributed by atoms with Crippen LogP contribution in [0.5, 0.6) is 0 Å². The van der Waals surface area contributed by atoms with Crippen LogP contribution in [0.25, 0.3) is 0 Å². The van der Waals surface area contributed by atoms with E-state index in [4.69, 9.17) is 15.2 Å². The summed E-state index contributed by atoms with van der Waals surface area (Å²) in [4.78, 5) is 22.8. The molecule has 1 rings (SSSR count). The third kappa shape index (κ3) is 7.64. The molecule has 22 heavy (non-hydrogen) atoms. The highest BCUT2D eigenvalue weighted by Crippen LogP contribution is 2.02. The Balaban J connectivity index is 2.26. The van der Waals surface area contributed by atoms with Crippen LogP contribution in [0.1, 0.15) is 31.7 Å². The Morgan fingerprint density at radius 3 is 2.59 bits per heavy atom. The number of nitrogens with one attached hydrogen (secondary N) is 1. The molecule has 0 bridgehead atoms. The summed E-state index contributed by atoms with van der Waals surface area (Å²) in [6, 6.07) is 8.91. The van der Waals surface area contributed by atoms with Gasteiger partial charge in [-0.1, -0.05) is 43.7 Å². The van der Waals surface area contributed by atoms with Crippen molar-refractivity contribution in [2.24, 2.45) is 5.73 Å². The number of benzene rings is 1. The number of rotatable bonds is 10. The molecule has 2 amide bonds. The standard InChI is InChI=1S/C16H24N2O4/c1-2-3-10-22-16(20)18-14(15(17)19)9-11-21-12-13-7-5-4-6-8-13/h4-8,14H,2-3,9-12H2,1H3,(H2,17,19)(H,18,20)/t14-/m0/s1.